The highest BCUT2D eigenvalue weighted by Crippen LogP contribution is 2.54. The first kappa shape index (κ1) is 26.8. The molecule has 0 aliphatic heterocycles. The first-order valence-corrected chi connectivity index (χ1v) is 12.8. The lowest BCUT2D eigenvalue weighted by Crippen LogP contribution is -2.58. The van der Waals surface area contributed by atoms with Crippen molar-refractivity contribution in [3.63, 3.8) is 0 Å². The SMILES string of the molecule is CC(C(O)C(O)C(C)(O)C1CCCC2C(=CC=C3CC(O)CCC32C)CCC1O)C(C)(C)O. The molecule has 3 aliphatic carbocycles. The van der Waals surface area contributed by atoms with Crippen LogP contribution < -0.4 is 0 Å². The van der Waals surface area contributed by atoms with Crippen LogP contribution in [0.25, 0.3) is 0 Å². The Labute approximate surface area is 199 Å². The van der Waals surface area contributed by atoms with Crippen molar-refractivity contribution in [2.24, 2.45) is 23.2 Å². The first-order chi connectivity index (χ1) is 15.2. The van der Waals surface area contributed by atoms with Crippen LogP contribution in [0.1, 0.15) is 86.0 Å². The summed E-state index contributed by atoms with van der Waals surface area (Å²) in [6, 6.07) is 0. The Morgan fingerprint density at radius 1 is 1.00 bits per heavy atom. The highest BCUT2D eigenvalue weighted by atomic mass is 16.4. The molecule has 0 aromatic carbocycles. The fourth-order valence-corrected chi connectivity index (χ4v) is 6.56. The molecule has 3 aliphatic rings. The van der Waals surface area contributed by atoms with Gasteiger partial charge in [-0.15, -0.1) is 0 Å². The van der Waals surface area contributed by atoms with E-state index >= 15 is 0 Å². The molecule has 6 heteroatoms. The average Bonchev–Trinajstić information content (AvgIpc) is 2.81. The molecule has 0 radical (unpaired) electrons. The summed E-state index contributed by atoms with van der Waals surface area (Å²) in [5.74, 6) is -0.900. The van der Waals surface area contributed by atoms with Gasteiger partial charge < -0.3 is 30.6 Å². The van der Waals surface area contributed by atoms with Crippen molar-refractivity contribution in [2.45, 2.75) is 122 Å². The Morgan fingerprint density at radius 3 is 2.30 bits per heavy atom. The molecule has 9 atom stereocenters. The number of aliphatic hydroxyl groups excluding tert-OH is 4. The highest BCUT2D eigenvalue weighted by molar-refractivity contribution is 5.35. The van der Waals surface area contributed by atoms with Crippen molar-refractivity contribution >= 4 is 0 Å². The van der Waals surface area contributed by atoms with E-state index in [-0.39, 0.29) is 11.5 Å². The molecule has 0 saturated heterocycles. The summed E-state index contributed by atoms with van der Waals surface area (Å²) in [5.41, 5.74) is -0.256. The lowest BCUT2D eigenvalue weighted by atomic mass is 9.58. The summed E-state index contributed by atoms with van der Waals surface area (Å²) in [7, 11) is 0. The van der Waals surface area contributed by atoms with Gasteiger partial charge in [-0.2, -0.15) is 0 Å². The molecule has 2 saturated carbocycles. The van der Waals surface area contributed by atoms with Gasteiger partial charge in [-0.3, -0.25) is 0 Å². The lowest BCUT2D eigenvalue weighted by molar-refractivity contribution is -0.187. The molecular weight excluding hydrogens is 420 g/mol. The molecule has 6 nitrogen and oxygen atoms in total. The second-order valence-electron chi connectivity index (χ2n) is 12.0. The van der Waals surface area contributed by atoms with E-state index in [1.54, 1.807) is 20.8 Å². The largest absolute Gasteiger partial charge is 0.393 e. The van der Waals surface area contributed by atoms with Crippen molar-refractivity contribution in [2.75, 3.05) is 0 Å². The van der Waals surface area contributed by atoms with Crippen molar-refractivity contribution < 1.29 is 30.6 Å². The van der Waals surface area contributed by atoms with Crippen LogP contribution >= 0.6 is 0 Å². The van der Waals surface area contributed by atoms with E-state index in [1.807, 2.05) is 0 Å². The fourth-order valence-electron chi connectivity index (χ4n) is 6.56. The van der Waals surface area contributed by atoms with Gasteiger partial charge in [0.1, 0.15) is 6.10 Å². The Morgan fingerprint density at radius 2 is 1.67 bits per heavy atom. The minimum Gasteiger partial charge on any atom is -0.393 e. The van der Waals surface area contributed by atoms with Gasteiger partial charge in [0.05, 0.1) is 29.5 Å². The molecule has 0 amide bonds. The number of allylic oxidation sites excluding steroid dienone is 3. The van der Waals surface area contributed by atoms with Crippen molar-refractivity contribution in [3.8, 4) is 0 Å². The van der Waals surface area contributed by atoms with Gasteiger partial charge in [-0.25, -0.2) is 0 Å². The van der Waals surface area contributed by atoms with Crippen molar-refractivity contribution in [3.05, 3.63) is 23.3 Å². The van der Waals surface area contributed by atoms with Crippen LogP contribution in [0.4, 0.5) is 0 Å². The standard InChI is InChI=1S/C27H46O6/c1-16(25(2,3)32)23(30)24(31)27(5,33)21-8-6-7-20-17(10-12-22(21)29)9-11-18-15-19(28)13-14-26(18,20)4/h9,11,16,19-24,28-33H,6-8,10,12-15H2,1-5H3. The van der Waals surface area contributed by atoms with Gasteiger partial charge in [-0.1, -0.05) is 43.6 Å². The van der Waals surface area contributed by atoms with E-state index in [4.69, 9.17) is 0 Å². The van der Waals surface area contributed by atoms with Gasteiger partial charge >= 0.3 is 0 Å². The number of fused-ring (bicyclic) bond motifs is 3. The van der Waals surface area contributed by atoms with Gasteiger partial charge in [0.15, 0.2) is 0 Å². The summed E-state index contributed by atoms with van der Waals surface area (Å²) in [6.07, 6.45) is 6.37. The van der Waals surface area contributed by atoms with Crippen LogP contribution in [-0.4, -0.2) is 66.3 Å². The third kappa shape index (κ3) is 5.26. The average molecular weight is 467 g/mol. The summed E-state index contributed by atoms with van der Waals surface area (Å²) >= 11 is 0. The van der Waals surface area contributed by atoms with Crippen molar-refractivity contribution in [1.82, 2.24) is 0 Å². The summed E-state index contributed by atoms with van der Waals surface area (Å²) < 4.78 is 0. The molecule has 0 bridgehead atoms. The summed E-state index contributed by atoms with van der Waals surface area (Å²) in [6.45, 7) is 8.59. The number of aliphatic hydroxyl groups is 6. The molecule has 0 aromatic rings. The normalized spacial score (nSPS) is 38.2. The second kappa shape index (κ2) is 9.71. The zero-order valence-corrected chi connectivity index (χ0v) is 21.0. The van der Waals surface area contributed by atoms with Crippen molar-refractivity contribution in [1.29, 1.82) is 0 Å². The van der Waals surface area contributed by atoms with E-state index in [2.05, 4.69) is 19.1 Å². The highest BCUT2D eigenvalue weighted by Gasteiger charge is 2.49. The fraction of sp³-hybridized carbons (Fsp3) is 0.852. The summed E-state index contributed by atoms with van der Waals surface area (Å²) in [5, 5.41) is 64.6. The van der Waals surface area contributed by atoms with E-state index in [9.17, 15) is 30.6 Å². The Bertz CT molecular complexity index is 750. The topological polar surface area (TPSA) is 121 Å². The molecule has 0 aromatic heterocycles. The maximum atomic E-state index is 11.4. The smallest absolute Gasteiger partial charge is 0.109 e. The molecule has 0 heterocycles. The molecule has 190 valence electrons. The number of hydrogen-bond acceptors (Lipinski definition) is 6. The predicted molar refractivity (Wildman–Crippen MR) is 128 cm³/mol. The van der Waals surface area contributed by atoms with Gasteiger partial charge in [-0.05, 0) is 77.0 Å². The minimum absolute atomic E-state index is 0.0223. The van der Waals surface area contributed by atoms with E-state index < -0.39 is 41.3 Å². The minimum atomic E-state index is -1.70. The Kier molecular flexibility index (Phi) is 7.90. The molecule has 6 N–H and O–H groups in total. The quantitative estimate of drug-likeness (QED) is 0.371. The molecule has 9 unspecified atom stereocenters. The van der Waals surface area contributed by atoms with Crippen LogP contribution in [0, 0.1) is 23.2 Å². The molecule has 2 fully saturated rings. The van der Waals surface area contributed by atoms with Gasteiger partial charge in [0.25, 0.3) is 0 Å². The monoisotopic (exact) mass is 466 g/mol. The van der Waals surface area contributed by atoms with Crippen LogP contribution in [-0.2, 0) is 0 Å². The van der Waals surface area contributed by atoms with E-state index in [0.29, 0.717) is 18.8 Å². The first-order valence-electron chi connectivity index (χ1n) is 12.8. The molecule has 0 spiro atoms. The van der Waals surface area contributed by atoms with Crippen LogP contribution in [0.15, 0.2) is 23.3 Å². The van der Waals surface area contributed by atoms with Crippen LogP contribution in [0.3, 0.4) is 0 Å². The number of rotatable bonds is 5. The predicted octanol–water partition coefficient (Wildman–Crippen LogP) is 2.84. The Hall–Kier alpha value is -0.760. The van der Waals surface area contributed by atoms with Gasteiger partial charge in [0.2, 0.25) is 0 Å². The van der Waals surface area contributed by atoms with E-state index in [1.165, 1.54) is 18.1 Å². The third-order valence-corrected chi connectivity index (χ3v) is 9.40. The van der Waals surface area contributed by atoms with Gasteiger partial charge in [0, 0.05) is 11.8 Å². The van der Waals surface area contributed by atoms with Crippen LogP contribution in [0.2, 0.25) is 0 Å². The van der Waals surface area contributed by atoms with E-state index in [0.717, 1.165) is 38.5 Å². The molecule has 33 heavy (non-hydrogen) atoms. The van der Waals surface area contributed by atoms with Crippen LogP contribution in [0.5, 0.6) is 0 Å². The molecular formula is C27H46O6. The lowest BCUT2D eigenvalue weighted by Gasteiger charge is -2.47. The maximum Gasteiger partial charge on any atom is 0.109 e. The zero-order valence-electron chi connectivity index (χ0n) is 21.0. The summed E-state index contributed by atoms with van der Waals surface area (Å²) in [4.78, 5) is 0. The number of hydrogen-bond donors (Lipinski definition) is 6. The zero-order chi connectivity index (χ0) is 24.8. The third-order valence-electron chi connectivity index (χ3n) is 9.40. The maximum absolute atomic E-state index is 11.4. The Balaban J connectivity index is 1.79. The second-order valence-corrected chi connectivity index (χ2v) is 12.0. The molecule has 3 rings (SSSR count).